The highest BCUT2D eigenvalue weighted by molar-refractivity contribution is 5.80. The van der Waals surface area contributed by atoms with Crippen LogP contribution in [0.4, 0.5) is 0 Å². The molecule has 4 rings (SSSR count). The maximum absolute atomic E-state index is 4.87. The Bertz CT molecular complexity index is 924. The first kappa shape index (κ1) is 14.7. The Labute approximate surface area is 142 Å². The minimum absolute atomic E-state index is 0.972. The zero-order valence-electron chi connectivity index (χ0n) is 13.6. The van der Waals surface area contributed by atoms with Crippen LogP contribution in [0.3, 0.4) is 0 Å². The summed E-state index contributed by atoms with van der Waals surface area (Å²) in [6.45, 7) is 0.972. The van der Waals surface area contributed by atoms with Crippen molar-refractivity contribution in [3.63, 3.8) is 0 Å². The van der Waals surface area contributed by atoms with Gasteiger partial charge < -0.3 is 4.57 Å². The van der Waals surface area contributed by atoms with E-state index < -0.39 is 0 Å². The number of nitrogens with zero attached hydrogens (tertiary/aromatic N) is 2. The Morgan fingerprint density at radius 1 is 0.708 bits per heavy atom. The number of aromatic nitrogens is 2. The molecule has 2 heteroatoms. The van der Waals surface area contributed by atoms with Gasteiger partial charge in [0.25, 0.3) is 0 Å². The Morgan fingerprint density at radius 2 is 1.38 bits per heavy atom. The van der Waals surface area contributed by atoms with Gasteiger partial charge >= 0.3 is 0 Å². The molecule has 0 fully saturated rings. The lowest BCUT2D eigenvalue weighted by Gasteiger charge is -2.09. The van der Waals surface area contributed by atoms with Crippen LogP contribution < -0.4 is 0 Å². The van der Waals surface area contributed by atoms with E-state index in [4.69, 9.17) is 4.98 Å². The van der Waals surface area contributed by atoms with Crippen molar-refractivity contribution in [2.75, 3.05) is 0 Å². The first-order valence-corrected chi connectivity index (χ1v) is 8.46. The summed E-state index contributed by atoms with van der Waals surface area (Å²) in [6.07, 6.45) is 2.19. The molecule has 2 nitrogen and oxygen atoms in total. The Balaban J connectivity index is 1.65. The Morgan fingerprint density at radius 3 is 2.17 bits per heavy atom. The third-order valence-corrected chi connectivity index (χ3v) is 4.38. The van der Waals surface area contributed by atoms with Crippen molar-refractivity contribution in [2.24, 2.45) is 0 Å². The second kappa shape index (κ2) is 6.71. The minimum Gasteiger partial charge on any atom is -0.324 e. The zero-order chi connectivity index (χ0) is 16.2. The van der Waals surface area contributed by atoms with E-state index in [1.165, 1.54) is 16.6 Å². The van der Waals surface area contributed by atoms with E-state index in [1.54, 1.807) is 0 Å². The highest BCUT2D eigenvalue weighted by Crippen LogP contribution is 2.25. The average Bonchev–Trinajstić information content (AvgIpc) is 3.02. The summed E-state index contributed by atoms with van der Waals surface area (Å²) in [7, 11) is 0. The molecule has 0 amide bonds. The molecule has 1 heterocycles. The van der Waals surface area contributed by atoms with Crippen molar-refractivity contribution in [1.82, 2.24) is 9.55 Å². The van der Waals surface area contributed by atoms with Crippen molar-refractivity contribution in [3.05, 3.63) is 90.5 Å². The van der Waals surface area contributed by atoms with E-state index >= 15 is 0 Å². The zero-order valence-corrected chi connectivity index (χ0v) is 13.6. The molecule has 0 aliphatic rings. The van der Waals surface area contributed by atoms with Gasteiger partial charge in [-0.3, -0.25) is 0 Å². The minimum atomic E-state index is 0.972. The van der Waals surface area contributed by atoms with E-state index in [9.17, 15) is 0 Å². The van der Waals surface area contributed by atoms with Gasteiger partial charge in [0.2, 0.25) is 0 Å². The van der Waals surface area contributed by atoms with Gasteiger partial charge in [0.1, 0.15) is 5.82 Å². The van der Waals surface area contributed by atoms with Crippen molar-refractivity contribution >= 4 is 11.0 Å². The SMILES string of the molecule is c1ccc(CCCn2c(-c3ccccc3)nc3ccccc32)cc1. The number of hydrogen-bond donors (Lipinski definition) is 0. The van der Waals surface area contributed by atoms with Crippen molar-refractivity contribution < 1.29 is 0 Å². The molecule has 0 radical (unpaired) electrons. The molecule has 0 aliphatic heterocycles. The van der Waals surface area contributed by atoms with E-state index in [-0.39, 0.29) is 0 Å². The van der Waals surface area contributed by atoms with Gasteiger partial charge in [-0.25, -0.2) is 4.98 Å². The van der Waals surface area contributed by atoms with Gasteiger partial charge in [-0.15, -0.1) is 0 Å². The van der Waals surface area contributed by atoms with Crippen LogP contribution in [-0.2, 0) is 13.0 Å². The van der Waals surface area contributed by atoms with Crippen molar-refractivity contribution in [2.45, 2.75) is 19.4 Å². The summed E-state index contributed by atoms with van der Waals surface area (Å²) in [4.78, 5) is 4.87. The molecule has 0 saturated heterocycles. The maximum Gasteiger partial charge on any atom is 0.141 e. The van der Waals surface area contributed by atoms with Crippen LogP contribution in [0.15, 0.2) is 84.9 Å². The number of aryl methyl sites for hydroxylation is 2. The highest BCUT2D eigenvalue weighted by Gasteiger charge is 2.11. The van der Waals surface area contributed by atoms with Crippen LogP contribution >= 0.6 is 0 Å². The normalized spacial score (nSPS) is 11.0. The fourth-order valence-corrected chi connectivity index (χ4v) is 3.20. The molecule has 4 aromatic rings. The number of hydrogen-bond acceptors (Lipinski definition) is 1. The number of para-hydroxylation sites is 2. The summed E-state index contributed by atoms with van der Waals surface area (Å²) in [5.41, 5.74) is 4.84. The molecule has 24 heavy (non-hydrogen) atoms. The summed E-state index contributed by atoms with van der Waals surface area (Å²) >= 11 is 0. The fourth-order valence-electron chi connectivity index (χ4n) is 3.20. The van der Waals surface area contributed by atoms with Crippen LogP contribution in [0.25, 0.3) is 22.4 Å². The highest BCUT2D eigenvalue weighted by atomic mass is 15.1. The first-order chi connectivity index (χ1) is 11.9. The Kier molecular flexibility index (Phi) is 4.11. The lowest BCUT2D eigenvalue weighted by molar-refractivity contribution is 0.663. The lowest BCUT2D eigenvalue weighted by Crippen LogP contribution is -2.02. The molecule has 0 atom stereocenters. The molecule has 118 valence electrons. The van der Waals surface area contributed by atoms with Crippen molar-refractivity contribution in [1.29, 1.82) is 0 Å². The predicted molar refractivity (Wildman–Crippen MR) is 99.9 cm³/mol. The summed E-state index contributed by atoms with van der Waals surface area (Å²) < 4.78 is 2.35. The molecule has 0 aliphatic carbocycles. The number of imidazole rings is 1. The second-order valence-corrected chi connectivity index (χ2v) is 6.03. The van der Waals surface area contributed by atoms with Crippen LogP contribution in [0.2, 0.25) is 0 Å². The van der Waals surface area contributed by atoms with E-state index in [0.29, 0.717) is 0 Å². The smallest absolute Gasteiger partial charge is 0.141 e. The Hall–Kier alpha value is -2.87. The predicted octanol–water partition coefficient (Wildman–Crippen LogP) is 5.34. The number of benzene rings is 3. The third-order valence-electron chi connectivity index (χ3n) is 4.38. The maximum atomic E-state index is 4.87. The lowest BCUT2D eigenvalue weighted by atomic mass is 10.1. The monoisotopic (exact) mass is 312 g/mol. The van der Waals surface area contributed by atoms with E-state index in [2.05, 4.69) is 83.4 Å². The standard InChI is InChI=1S/C22H20N2/c1-3-10-18(11-4-1)12-9-17-24-21-16-8-7-15-20(21)23-22(24)19-13-5-2-6-14-19/h1-8,10-11,13-16H,9,12,17H2. The second-order valence-electron chi connectivity index (χ2n) is 6.03. The van der Waals surface area contributed by atoms with Gasteiger partial charge in [0.05, 0.1) is 11.0 Å². The molecular formula is C22H20N2. The molecular weight excluding hydrogens is 292 g/mol. The summed E-state index contributed by atoms with van der Waals surface area (Å²) in [6, 6.07) is 29.5. The molecule has 0 saturated carbocycles. The third kappa shape index (κ3) is 2.95. The van der Waals surface area contributed by atoms with Gasteiger partial charge in [-0.2, -0.15) is 0 Å². The van der Waals surface area contributed by atoms with Crippen LogP contribution in [0.1, 0.15) is 12.0 Å². The average molecular weight is 312 g/mol. The topological polar surface area (TPSA) is 17.8 Å². The van der Waals surface area contributed by atoms with Crippen molar-refractivity contribution in [3.8, 4) is 11.4 Å². The molecule has 1 aromatic heterocycles. The van der Waals surface area contributed by atoms with Gasteiger partial charge in [-0.05, 0) is 30.5 Å². The number of rotatable bonds is 5. The largest absolute Gasteiger partial charge is 0.324 e. The van der Waals surface area contributed by atoms with Gasteiger partial charge in [-0.1, -0.05) is 72.8 Å². The molecule has 0 bridgehead atoms. The molecule has 0 spiro atoms. The van der Waals surface area contributed by atoms with E-state index in [0.717, 1.165) is 30.7 Å². The number of fused-ring (bicyclic) bond motifs is 1. The molecule has 0 N–H and O–H groups in total. The first-order valence-electron chi connectivity index (χ1n) is 8.46. The van der Waals surface area contributed by atoms with Crippen LogP contribution in [0.5, 0.6) is 0 Å². The van der Waals surface area contributed by atoms with Gasteiger partial charge in [0, 0.05) is 12.1 Å². The van der Waals surface area contributed by atoms with Crippen LogP contribution in [-0.4, -0.2) is 9.55 Å². The molecule has 3 aromatic carbocycles. The fraction of sp³-hybridized carbons (Fsp3) is 0.136. The molecule has 0 unspecified atom stereocenters. The van der Waals surface area contributed by atoms with E-state index in [1.807, 2.05) is 6.07 Å². The van der Waals surface area contributed by atoms with Gasteiger partial charge in [0.15, 0.2) is 0 Å². The quantitative estimate of drug-likeness (QED) is 0.486. The summed E-state index contributed by atoms with van der Waals surface area (Å²) in [5, 5.41) is 0. The summed E-state index contributed by atoms with van der Waals surface area (Å²) in [5.74, 6) is 1.06. The van der Waals surface area contributed by atoms with Crippen LogP contribution in [0, 0.1) is 0 Å².